The summed E-state index contributed by atoms with van der Waals surface area (Å²) in [4.78, 5) is 22.2. The van der Waals surface area contributed by atoms with Crippen LogP contribution in [-0.4, -0.2) is 41.6 Å². The van der Waals surface area contributed by atoms with Gasteiger partial charge in [0.15, 0.2) is 0 Å². The topological polar surface area (TPSA) is 84.3 Å². The summed E-state index contributed by atoms with van der Waals surface area (Å²) in [6.45, 7) is 8.75. The molecule has 2 amide bonds. The zero-order chi connectivity index (χ0) is 27.8. The summed E-state index contributed by atoms with van der Waals surface area (Å²) < 4.78 is 0. The van der Waals surface area contributed by atoms with Crippen molar-refractivity contribution in [3.8, 4) is 6.07 Å². The van der Waals surface area contributed by atoms with Crippen LogP contribution in [0.2, 0.25) is 0 Å². The molecule has 1 fully saturated rings. The fourth-order valence-corrected chi connectivity index (χ4v) is 6.13. The summed E-state index contributed by atoms with van der Waals surface area (Å²) in [6.07, 6.45) is 2.60. The van der Waals surface area contributed by atoms with Gasteiger partial charge >= 0.3 is 6.03 Å². The Kier molecular flexibility index (Phi) is 6.77. The highest BCUT2D eigenvalue weighted by atomic mass is 16.2. The van der Waals surface area contributed by atoms with Crippen LogP contribution in [0.1, 0.15) is 40.8 Å². The number of hydrogen-bond donors (Lipinski definition) is 2. The first-order chi connectivity index (χ1) is 19.4. The van der Waals surface area contributed by atoms with E-state index in [1.54, 1.807) is 6.07 Å². The Morgan fingerprint density at radius 3 is 2.50 bits per heavy atom. The Bertz CT molecular complexity index is 1630. The number of hydrogen-bond acceptors (Lipinski definition) is 5. The molecule has 4 aromatic rings. The zero-order valence-electron chi connectivity index (χ0n) is 23.3. The number of benzene rings is 3. The molecule has 7 heteroatoms. The lowest BCUT2D eigenvalue weighted by Crippen LogP contribution is -2.48. The van der Waals surface area contributed by atoms with Gasteiger partial charge in [0.05, 0.1) is 17.1 Å². The molecule has 3 aromatic carbocycles. The second kappa shape index (κ2) is 10.5. The van der Waals surface area contributed by atoms with Gasteiger partial charge in [0, 0.05) is 59.5 Å². The molecule has 0 unspecified atom stereocenters. The van der Waals surface area contributed by atoms with Crippen molar-refractivity contribution >= 4 is 39.7 Å². The molecule has 202 valence electrons. The first-order valence-corrected chi connectivity index (χ1v) is 14.0. The number of piperidine rings is 1. The van der Waals surface area contributed by atoms with E-state index in [9.17, 15) is 10.1 Å². The van der Waals surface area contributed by atoms with Gasteiger partial charge in [0.25, 0.3) is 0 Å². The number of amides is 2. The van der Waals surface area contributed by atoms with Crippen LogP contribution in [0.25, 0.3) is 10.9 Å². The predicted molar refractivity (Wildman–Crippen MR) is 161 cm³/mol. The average molecular weight is 531 g/mol. The van der Waals surface area contributed by atoms with Crippen LogP contribution in [0.3, 0.4) is 0 Å². The Labute approximate surface area is 235 Å². The van der Waals surface area contributed by atoms with E-state index in [1.807, 2.05) is 24.0 Å². The maximum absolute atomic E-state index is 13.0. The number of aryl methyl sites for hydroxylation is 3. The minimum absolute atomic E-state index is 0.0402. The number of nitrogens with zero attached hydrogens (tertiary/aromatic N) is 4. The Morgan fingerprint density at radius 2 is 1.75 bits per heavy atom. The normalized spacial score (nSPS) is 15.8. The Morgan fingerprint density at radius 1 is 0.975 bits per heavy atom. The zero-order valence-corrected chi connectivity index (χ0v) is 23.3. The second-order valence-corrected chi connectivity index (χ2v) is 11.0. The van der Waals surface area contributed by atoms with Gasteiger partial charge in [0.2, 0.25) is 0 Å². The fourth-order valence-electron chi connectivity index (χ4n) is 6.13. The van der Waals surface area contributed by atoms with Gasteiger partial charge in [0.1, 0.15) is 0 Å². The lowest BCUT2D eigenvalue weighted by molar-refractivity contribution is 0.177. The lowest BCUT2D eigenvalue weighted by atomic mass is 10.0. The van der Waals surface area contributed by atoms with Crippen molar-refractivity contribution in [2.45, 2.75) is 46.1 Å². The van der Waals surface area contributed by atoms with E-state index >= 15 is 0 Å². The van der Waals surface area contributed by atoms with Crippen LogP contribution in [0, 0.1) is 32.1 Å². The van der Waals surface area contributed by atoms with Crippen LogP contribution in [0.4, 0.5) is 27.5 Å². The highest BCUT2D eigenvalue weighted by molar-refractivity contribution is 5.95. The molecule has 0 aliphatic carbocycles. The van der Waals surface area contributed by atoms with E-state index < -0.39 is 0 Å². The summed E-state index contributed by atoms with van der Waals surface area (Å²) in [5, 5.41) is 17.0. The quantitative estimate of drug-likeness (QED) is 0.302. The van der Waals surface area contributed by atoms with Crippen molar-refractivity contribution in [3.63, 3.8) is 0 Å². The van der Waals surface area contributed by atoms with Crippen molar-refractivity contribution in [1.82, 2.24) is 9.88 Å². The smallest absolute Gasteiger partial charge is 0.322 e. The molecule has 2 aliphatic rings. The van der Waals surface area contributed by atoms with Gasteiger partial charge in [-0.3, -0.25) is 4.98 Å². The lowest BCUT2D eigenvalue weighted by Gasteiger charge is -2.39. The van der Waals surface area contributed by atoms with E-state index in [4.69, 9.17) is 4.98 Å². The minimum Gasteiger partial charge on any atom is -0.371 e. The number of nitrogens with one attached hydrogen (secondary N) is 2. The third-order valence-electron chi connectivity index (χ3n) is 8.15. The molecule has 6 rings (SSSR count). The summed E-state index contributed by atoms with van der Waals surface area (Å²) in [5.41, 5.74) is 10.3. The molecule has 7 nitrogen and oxygen atoms in total. The first-order valence-electron chi connectivity index (χ1n) is 14.0. The van der Waals surface area contributed by atoms with Gasteiger partial charge < -0.3 is 20.4 Å². The predicted octanol–water partition coefficient (Wildman–Crippen LogP) is 6.83. The minimum atomic E-state index is -0.0402. The number of fused-ring (bicyclic) bond motifs is 2. The molecule has 40 heavy (non-hydrogen) atoms. The third kappa shape index (κ3) is 5.05. The molecule has 1 aromatic heterocycles. The van der Waals surface area contributed by atoms with Gasteiger partial charge in [-0.25, -0.2) is 4.79 Å². The second-order valence-electron chi connectivity index (χ2n) is 11.0. The molecule has 2 aliphatic heterocycles. The van der Waals surface area contributed by atoms with E-state index in [0.717, 1.165) is 71.6 Å². The van der Waals surface area contributed by atoms with Gasteiger partial charge in [-0.15, -0.1) is 0 Å². The van der Waals surface area contributed by atoms with Crippen molar-refractivity contribution < 1.29 is 4.79 Å². The maximum Gasteiger partial charge on any atom is 0.322 e. The molecular weight excluding hydrogens is 496 g/mol. The SMILES string of the molecule is Cc1cc(C)c2nc(C)cc(Nc3ccc(N4CCC(N5CCc6cc(C#N)ccc6NC5=O)CC4)cc3)c2c1. The highest BCUT2D eigenvalue weighted by Gasteiger charge is 2.30. The fraction of sp³-hybridized carbons (Fsp3) is 0.303. The highest BCUT2D eigenvalue weighted by Crippen LogP contribution is 2.31. The molecule has 0 spiro atoms. The van der Waals surface area contributed by atoms with Crippen LogP contribution in [0.5, 0.6) is 0 Å². The monoisotopic (exact) mass is 530 g/mol. The van der Waals surface area contributed by atoms with E-state index in [0.29, 0.717) is 12.1 Å². The average Bonchev–Trinajstić information content (AvgIpc) is 3.11. The molecule has 0 saturated carbocycles. The van der Waals surface area contributed by atoms with Gasteiger partial charge in [-0.05, 0) is 106 Å². The van der Waals surface area contributed by atoms with Gasteiger partial charge in [-0.1, -0.05) is 11.6 Å². The number of rotatable bonds is 4. The molecule has 0 radical (unpaired) electrons. The summed E-state index contributed by atoms with van der Waals surface area (Å²) in [6, 6.07) is 23.0. The molecular formula is C33H34N6O. The number of pyridine rings is 1. The van der Waals surface area contributed by atoms with Crippen LogP contribution in [0.15, 0.2) is 60.7 Å². The first kappa shape index (κ1) is 25.7. The maximum atomic E-state index is 13.0. The molecule has 0 atom stereocenters. The number of urea groups is 1. The van der Waals surface area contributed by atoms with E-state index in [2.05, 4.69) is 77.9 Å². The van der Waals surface area contributed by atoms with Crippen molar-refractivity contribution in [3.05, 3.63) is 88.6 Å². The van der Waals surface area contributed by atoms with Crippen molar-refractivity contribution in [2.24, 2.45) is 0 Å². The molecule has 2 N–H and O–H groups in total. The number of aromatic nitrogens is 1. The van der Waals surface area contributed by atoms with Crippen molar-refractivity contribution in [1.29, 1.82) is 5.26 Å². The number of carbonyl (C=O) groups excluding carboxylic acids is 1. The largest absolute Gasteiger partial charge is 0.371 e. The standard InChI is InChI=1S/C33H34N6O/c1-21-16-22(2)32-29(17-21)31(18-23(3)35-32)36-26-5-7-27(8-6-26)38-13-11-28(12-14-38)39-15-10-25-19-24(20-34)4-9-30(25)37-33(39)40/h4-9,16-19,28H,10-15H2,1-3H3,(H,35,36)(H,37,40). The third-order valence-corrected chi connectivity index (χ3v) is 8.15. The molecule has 0 bridgehead atoms. The number of anilines is 4. The van der Waals surface area contributed by atoms with Crippen molar-refractivity contribution in [2.75, 3.05) is 35.2 Å². The van der Waals surface area contributed by atoms with Gasteiger partial charge in [-0.2, -0.15) is 5.26 Å². The van der Waals surface area contributed by atoms with E-state index in [-0.39, 0.29) is 12.1 Å². The number of carbonyl (C=O) groups is 1. The van der Waals surface area contributed by atoms with Crippen LogP contribution >= 0.6 is 0 Å². The Hall–Kier alpha value is -4.57. The number of nitriles is 1. The molecule has 1 saturated heterocycles. The van der Waals surface area contributed by atoms with E-state index in [1.165, 1.54) is 16.8 Å². The summed E-state index contributed by atoms with van der Waals surface area (Å²) in [7, 11) is 0. The van der Waals surface area contributed by atoms with Crippen LogP contribution in [-0.2, 0) is 6.42 Å². The Balaban J connectivity index is 1.10. The summed E-state index contributed by atoms with van der Waals surface area (Å²) >= 11 is 0. The van der Waals surface area contributed by atoms with Crippen LogP contribution < -0.4 is 15.5 Å². The molecule has 3 heterocycles. The summed E-state index contributed by atoms with van der Waals surface area (Å²) in [5.74, 6) is 0.